The number of carbonyl (C=O) groups excluding carboxylic acids is 1. The average molecular weight is 385 g/mol. The predicted octanol–water partition coefficient (Wildman–Crippen LogP) is 3.32. The molecular weight excluding hydrogens is 364 g/mol. The Labute approximate surface area is 161 Å². The fraction of sp³-hybridized carbons (Fsp3) is 0.333. The quantitative estimate of drug-likeness (QED) is 0.700. The number of fused-ring (bicyclic) bond motifs is 1. The molecule has 0 saturated carbocycles. The minimum atomic E-state index is -0.797. The van der Waals surface area contributed by atoms with E-state index >= 15 is 0 Å². The molecule has 7 heteroatoms. The van der Waals surface area contributed by atoms with Gasteiger partial charge < -0.3 is 14.5 Å². The highest BCUT2D eigenvalue weighted by atomic mass is 19.1. The summed E-state index contributed by atoms with van der Waals surface area (Å²) in [4.78, 5) is 16.1. The zero-order valence-corrected chi connectivity index (χ0v) is 15.8. The molecule has 0 aliphatic carbocycles. The average Bonchev–Trinajstić information content (AvgIpc) is 2.99. The van der Waals surface area contributed by atoms with E-state index in [0.717, 1.165) is 24.2 Å². The van der Waals surface area contributed by atoms with Crippen LogP contribution in [-0.4, -0.2) is 41.0 Å². The number of Topliss-reactive ketones (excluding diaryl/α,β-unsaturated/α-hetero) is 1. The van der Waals surface area contributed by atoms with Gasteiger partial charge in [-0.05, 0) is 43.7 Å². The van der Waals surface area contributed by atoms with Gasteiger partial charge in [0, 0.05) is 31.3 Å². The molecule has 146 valence electrons. The van der Waals surface area contributed by atoms with E-state index in [4.69, 9.17) is 4.74 Å². The molecule has 1 aromatic carbocycles. The summed E-state index contributed by atoms with van der Waals surface area (Å²) in [5, 5.41) is 3.27. The Morgan fingerprint density at radius 3 is 2.71 bits per heavy atom. The number of rotatable bonds is 4. The predicted molar refractivity (Wildman–Crippen MR) is 102 cm³/mol. The normalized spacial score (nSPS) is 17.2. The van der Waals surface area contributed by atoms with E-state index in [2.05, 4.69) is 10.3 Å². The van der Waals surface area contributed by atoms with Gasteiger partial charge in [0.25, 0.3) is 0 Å². The number of halogens is 2. The number of ketones is 1. The molecule has 0 spiro atoms. The summed E-state index contributed by atoms with van der Waals surface area (Å²) in [5.74, 6) is -1.99. The van der Waals surface area contributed by atoms with E-state index < -0.39 is 17.4 Å². The number of nitrogens with zero attached hydrogens (tertiary/aromatic N) is 2. The van der Waals surface area contributed by atoms with Gasteiger partial charge in [0.15, 0.2) is 5.78 Å². The topological polar surface area (TPSA) is 55.6 Å². The number of ether oxygens (including phenoxy) is 1. The fourth-order valence-electron chi connectivity index (χ4n) is 3.56. The molecule has 0 amide bonds. The van der Waals surface area contributed by atoms with Crippen LogP contribution >= 0.6 is 0 Å². The van der Waals surface area contributed by atoms with Crippen molar-refractivity contribution in [3.63, 3.8) is 0 Å². The third kappa shape index (κ3) is 3.43. The van der Waals surface area contributed by atoms with Crippen LogP contribution in [0.15, 0.2) is 30.5 Å². The van der Waals surface area contributed by atoms with Gasteiger partial charge in [0.2, 0.25) is 0 Å². The van der Waals surface area contributed by atoms with Gasteiger partial charge in [-0.3, -0.25) is 4.79 Å². The lowest BCUT2D eigenvalue weighted by molar-refractivity contribution is 0.0286. The van der Waals surface area contributed by atoms with Crippen LogP contribution in [0, 0.1) is 18.6 Å². The summed E-state index contributed by atoms with van der Waals surface area (Å²) in [7, 11) is 0. The zero-order valence-electron chi connectivity index (χ0n) is 15.8. The Bertz CT molecular complexity index is 1030. The fourth-order valence-corrected chi connectivity index (χ4v) is 3.56. The van der Waals surface area contributed by atoms with Gasteiger partial charge in [0.1, 0.15) is 17.3 Å². The summed E-state index contributed by atoms with van der Waals surface area (Å²) in [6, 6.07) is 5.93. The number of nitrogens with one attached hydrogen (secondary N) is 1. The molecule has 1 aliphatic heterocycles. The Morgan fingerprint density at radius 2 is 2.07 bits per heavy atom. The SMILES string of the molecule is CC(=O)c1cc(F)c(-c2nc3cc(C)ccn3c2CC2CNCCO2)c(F)c1. The number of pyridine rings is 1. The molecule has 3 aromatic rings. The molecule has 3 heterocycles. The van der Waals surface area contributed by atoms with Crippen LogP contribution in [0.25, 0.3) is 16.9 Å². The second kappa shape index (κ2) is 7.41. The van der Waals surface area contributed by atoms with Crippen molar-refractivity contribution in [1.82, 2.24) is 14.7 Å². The molecule has 1 atom stereocenters. The van der Waals surface area contributed by atoms with Crippen LogP contribution in [0.4, 0.5) is 8.78 Å². The molecule has 1 fully saturated rings. The lowest BCUT2D eigenvalue weighted by atomic mass is 10.0. The maximum Gasteiger partial charge on any atom is 0.160 e. The van der Waals surface area contributed by atoms with Crippen molar-refractivity contribution < 1.29 is 18.3 Å². The van der Waals surface area contributed by atoms with Gasteiger partial charge >= 0.3 is 0 Å². The minimum absolute atomic E-state index is 0.000257. The minimum Gasteiger partial charge on any atom is -0.375 e. The molecule has 1 saturated heterocycles. The highest BCUT2D eigenvalue weighted by Gasteiger charge is 2.25. The molecule has 0 bridgehead atoms. The zero-order chi connectivity index (χ0) is 19.8. The monoisotopic (exact) mass is 385 g/mol. The standard InChI is InChI=1S/C21H21F2N3O2/c1-12-3-5-26-18(10-15-11-24-4-6-28-15)21(25-19(26)7-12)20-16(22)8-14(13(2)27)9-17(20)23/h3,5,7-9,15,24H,4,6,10-11H2,1-2H3. The van der Waals surface area contributed by atoms with Crippen molar-refractivity contribution in [2.24, 2.45) is 0 Å². The first-order valence-electron chi connectivity index (χ1n) is 9.24. The molecule has 0 radical (unpaired) electrons. The van der Waals surface area contributed by atoms with E-state index in [0.29, 0.717) is 30.9 Å². The summed E-state index contributed by atoms with van der Waals surface area (Å²) < 4.78 is 37.3. The van der Waals surface area contributed by atoms with Crippen molar-refractivity contribution in [2.75, 3.05) is 19.7 Å². The highest BCUT2D eigenvalue weighted by Crippen LogP contribution is 2.32. The van der Waals surface area contributed by atoms with Crippen LogP contribution in [0.2, 0.25) is 0 Å². The first kappa shape index (κ1) is 18.7. The molecule has 28 heavy (non-hydrogen) atoms. The molecule has 1 aliphatic rings. The highest BCUT2D eigenvalue weighted by molar-refractivity contribution is 5.94. The number of benzene rings is 1. The summed E-state index contributed by atoms with van der Waals surface area (Å²) >= 11 is 0. The lowest BCUT2D eigenvalue weighted by Crippen LogP contribution is -2.39. The molecule has 5 nitrogen and oxygen atoms in total. The van der Waals surface area contributed by atoms with Crippen LogP contribution in [0.3, 0.4) is 0 Å². The largest absolute Gasteiger partial charge is 0.375 e. The number of carbonyl (C=O) groups is 1. The van der Waals surface area contributed by atoms with Crippen LogP contribution in [0.1, 0.15) is 28.5 Å². The number of imidazole rings is 1. The van der Waals surface area contributed by atoms with Gasteiger partial charge in [-0.15, -0.1) is 0 Å². The van der Waals surface area contributed by atoms with E-state index in [1.54, 1.807) is 0 Å². The molecule has 2 aromatic heterocycles. The maximum atomic E-state index is 14.8. The summed E-state index contributed by atoms with van der Waals surface area (Å²) in [6.45, 7) is 5.25. The van der Waals surface area contributed by atoms with Crippen molar-refractivity contribution in [2.45, 2.75) is 26.4 Å². The summed E-state index contributed by atoms with van der Waals surface area (Å²) in [5.41, 5.74) is 2.31. The van der Waals surface area contributed by atoms with E-state index in [9.17, 15) is 13.6 Å². The summed E-state index contributed by atoms with van der Waals surface area (Å²) in [6.07, 6.45) is 2.20. The number of aryl methyl sites for hydroxylation is 1. The van der Waals surface area contributed by atoms with Gasteiger partial charge in [-0.25, -0.2) is 13.8 Å². The van der Waals surface area contributed by atoms with Gasteiger partial charge in [-0.2, -0.15) is 0 Å². The van der Waals surface area contributed by atoms with Crippen LogP contribution in [0.5, 0.6) is 0 Å². The third-order valence-corrected chi connectivity index (χ3v) is 4.99. The number of aromatic nitrogens is 2. The number of morpholine rings is 1. The van der Waals surface area contributed by atoms with Gasteiger partial charge in [0.05, 0.1) is 29.7 Å². The van der Waals surface area contributed by atoms with Crippen molar-refractivity contribution in [1.29, 1.82) is 0 Å². The molecule has 1 N–H and O–H groups in total. The van der Waals surface area contributed by atoms with E-state index in [1.165, 1.54) is 6.92 Å². The first-order valence-corrected chi connectivity index (χ1v) is 9.24. The molecular formula is C21H21F2N3O2. The second-order valence-electron chi connectivity index (χ2n) is 7.11. The Morgan fingerprint density at radius 1 is 1.32 bits per heavy atom. The van der Waals surface area contributed by atoms with Gasteiger partial charge in [-0.1, -0.05) is 0 Å². The third-order valence-electron chi connectivity index (χ3n) is 4.99. The maximum absolute atomic E-state index is 14.8. The lowest BCUT2D eigenvalue weighted by Gasteiger charge is -2.24. The molecule has 1 unspecified atom stereocenters. The van der Waals surface area contributed by atoms with Crippen LogP contribution < -0.4 is 5.32 Å². The number of hydrogen-bond acceptors (Lipinski definition) is 4. The first-order chi connectivity index (χ1) is 13.4. The Kier molecular flexibility index (Phi) is 4.95. The van der Waals surface area contributed by atoms with Crippen LogP contribution in [-0.2, 0) is 11.2 Å². The molecule has 4 rings (SSSR count). The second-order valence-corrected chi connectivity index (χ2v) is 7.11. The number of hydrogen-bond donors (Lipinski definition) is 1. The van der Waals surface area contributed by atoms with Crippen molar-refractivity contribution >= 4 is 11.4 Å². The Hall–Kier alpha value is -2.64. The van der Waals surface area contributed by atoms with E-state index in [-0.39, 0.29) is 22.9 Å². The van der Waals surface area contributed by atoms with E-state index in [1.807, 2.05) is 29.7 Å². The smallest absolute Gasteiger partial charge is 0.160 e. The van der Waals surface area contributed by atoms with Crippen molar-refractivity contribution in [3.05, 3.63) is 58.9 Å². The van der Waals surface area contributed by atoms with Crippen molar-refractivity contribution in [3.8, 4) is 11.3 Å². The Balaban J connectivity index is 1.88.